The maximum atomic E-state index is 12.1. The molecule has 0 radical (unpaired) electrons. The minimum absolute atomic E-state index is 0.114. The smallest absolute Gasteiger partial charge is 0.274 e. The SMILES string of the molecule is Cc1ocnc1C(=O)NC1CCCc2sccc21. The molecule has 1 atom stereocenters. The van der Waals surface area contributed by atoms with E-state index in [0.29, 0.717) is 11.5 Å². The monoisotopic (exact) mass is 262 g/mol. The van der Waals surface area contributed by atoms with Crippen LogP contribution in [0.3, 0.4) is 0 Å². The highest BCUT2D eigenvalue weighted by Crippen LogP contribution is 2.33. The van der Waals surface area contributed by atoms with Gasteiger partial charge in [0.05, 0.1) is 6.04 Å². The van der Waals surface area contributed by atoms with E-state index in [2.05, 4.69) is 21.7 Å². The van der Waals surface area contributed by atoms with Crippen molar-refractivity contribution in [2.45, 2.75) is 32.2 Å². The van der Waals surface area contributed by atoms with Gasteiger partial charge in [-0.05, 0) is 43.2 Å². The number of hydrogen-bond acceptors (Lipinski definition) is 4. The molecule has 18 heavy (non-hydrogen) atoms. The van der Waals surface area contributed by atoms with Gasteiger partial charge in [0.15, 0.2) is 12.1 Å². The number of nitrogens with one attached hydrogen (secondary N) is 1. The van der Waals surface area contributed by atoms with Gasteiger partial charge in [0.1, 0.15) is 5.76 Å². The average Bonchev–Trinajstić information content (AvgIpc) is 2.97. The van der Waals surface area contributed by atoms with Crippen molar-refractivity contribution in [2.24, 2.45) is 0 Å². The lowest BCUT2D eigenvalue weighted by Crippen LogP contribution is -2.31. The molecule has 1 amide bonds. The van der Waals surface area contributed by atoms with E-state index in [1.165, 1.54) is 16.8 Å². The summed E-state index contributed by atoms with van der Waals surface area (Å²) in [6.45, 7) is 1.75. The normalized spacial score (nSPS) is 18.4. The standard InChI is InChI=1S/C13H14N2O2S/c1-8-12(14-7-17-8)13(16)15-10-3-2-4-11-9(10)5-6-18-11/h5-7,10H,2-4H2,1H3,(H,15,16). The van der Waals surface area contributed by atoms with Gasteiger partial charge in [0.25, 0.3) is 5.91 Å². The summed E-state index contributed by atoms with van der Waals surface area (Å²) in [5, 5.41) is 5.14. The third-order valence-electron chi connectivity index (χ3n) is 3.32. The molecule has 0 aliphatic heterocycles. The van der Waals surface area contributed by atoms with Crippen molar-refractivity contribution >= 4 is 17.2 Å². The topological polar surface area (TPSA) is 55.1 Å². The molecular formula is C13H14N2O2S. The molecule has 2 heterocycles. The van der Waals surface area contributed by atoms with Crippen molar-refractivity contribution in [3.8, 4) is 0 Å². The number of carbonyl (C=O) groups excluding carboxylic acids is 1. The van der Waals surface area contributed by atoms with E-state index in [0.717, 1.165) is 19.3 Å². The Morgan fingerprint density at radius 1 is 1.61 bits per heavy atom. The molecule has 2 aromatic heterocycles. The molecule has 0 saturated carbocycles. The lowest BCUT2D eigenvalue weighted by atomic mass is 9.94. The van der Waals surface area contributed by atoms with Crippen LogP contribution in [-0.4, -0.2) is 10.9 Å². The Labute approximate surface area is 109 Å². The van der Waals surface area contributed by atoms with E-state index >= 15 is 0 Å². The zero-order chi connectivity index (χ0) is 12.5. The van der Waals surface area contributed by atoms with E-state index in [1.807, 2.05) is 0 Å². The van der Waals surface area contributed by atoms with E-state index in [1.54, 1.807) is 18.3 Å². The minimum Gasteiger partial charge on any atom is -0.448 e. The molecule has 3 rings (SSSR count). The summed E-state index contributed by atoms with van der Waals surface area (Å²) in [4.78, 5) is 17.4. The predicted molar refractivity (Wildman–Crippen MR) is 68.7 cm³/mol. The highest BCUT2D eigenvalue weighted by Gasteiger charge is 2.24. The van der Waals surface area contributed by atoms with Crippen molar-refractivity contribution in [1.82, 2.24) is 10.3 Å². The van der Waals surface area contributed by atoms with Crippen LogP contribution >= 0.6 is 11.3 Å². The van der Waals surface area contributed by atoms with Gasteiger partial charge in [-0.2, -0.15) is 0 Å². The Kier molecular flexibility index (Phi) is 2.91. The molecule has 0 aromatic carbocycles. The van der Waals surface area contributed by atoms with Crippen LogP contribution in [0.15, 0.2) is 22.3 Å². The summed E-state index contributed by atoms with van der Waals surface area (Å²) in [6.07, 6.45) is 4.55. The van der Waals surface area contributed by atoms with Gasteiger partial charge in [-0.1, -0.05) is 0 Å². The number of hydrogen-bond donors (Lipinski definition) is 1. The Morgan fingerprint density at radius 2 is 2.50 bits per heavy atom. The second-order valence-electron chi connectivity index (χ2n) is 4.47. The van der Waals surface area contributed by atoms with Gasteiger partial charge in [0, 0.05) is 4.88 Å². The molecule has 0 saturated heterocycles. The molecular weight excluding hydrogens is 248 g/mol. The molecule has 0 spiro atoms. The summed E-state index contributed by atoms with van der Waals surface area (Å²) in [5.41, 5.74) is 1.65. The van der Waals surface area contributed by atoms with Crippen LogP contribution in [0.25, 0.3) is 0 Å². The number of oxazole rings is 1. The highest BCUT2D eigenvalue weighted by atomic mass is 32.1. The molecule has 1 unspecified atom stereocenters. The number of aryl methyl sites for hydroxylation is 2. The fraction of sp³-hybridized carbons (Fsp3) is 0.385. The average molecular weight is 262 g/mol. The molecule has 5 heteroatoms. The molecule has 2 aromatic rings. The van der Waals surface area contributed by atoms with E-state index in [4.69, 9.17) is 4.42 Å². The van der Waals surface area contributed by atoms with Gasteiger partial charge in [-0.25, -0.2) is 4.98 Å². The predicted octanol–water partition coefficient (Wildman–Crippen LogP) is 2.85. The summed E-state index contributed by atoms with van der Waals surface area (Å²) in [7, 11) is 0. The lowest BCUT2D eigenvalue weighted by molar-refractivity contribution is 0.0927. The summed E-state index contributed by atoms with van der Waals surface area (Å²) in [5.74, 6) is 0.416. The summed E-state index contributed by atoms with van der Waals surface area (Å²) < 4.78 is 5.06. The first kappa shape index (κ1) is 11.5. The highest BCUT2D eigenvalue weighted by molar-refractivity contribution is 7.10. The number of thiophene rings is 1. The zero-order valence-corrected chi connectivity index (χ0v) is 10.9. The van der Waals surface area contributed by atoms with Gasteiger partial charge < -0.3 is 9.73 Å². The van der Waals surface area contributed by atoms with Crippen molar-refractivity contribution in [1.29, 1.82) is 0 Å². The number of nitrogens with zero attached hydrogens (tertiary/aromatic N) is 1. The van der Waals surface area contributed by atoms with Crippen LogP contribution in [0.2, 0.25) is 0 Å². The number of carbonyl (C=O) groups is 1. The van der Waals surface area contributed by atoms with Crippen LogP contribution in [0.5, 0.6) is 0 Å². The Morgan fingerprint density at radius 3 is 3.28 bits per heavy atom. The van der Waals surface area contributed by atoms with Crippen LogP contribution in [-0.2, 0) is 6.42 Å². The van der Waals surface area contributed by atoms with Crippen molar-refractivity contribution in [2.75, 3.05) is 0 Å². The number of rotatable bonds is 2. The van der Waals surface area contributed by atoms with Gasteiger partial charge >= 0.3 is 0 Å². The molecule has 1 aliphatic carbocycles. The van der Waals surface area contributed by atoms with Crippen molar-refractivity contribution < 1.29 is 9.21 Å². The van der Waals surface area contributed by atoms with Gasteiger partial charge in [-0.15, -0.1) is 11.3 Å². The fourth-order valence-electron chi connectivity index (χ4n) is 2.39. The fourth-order valence-corrected chi connectivity index (χ4v) is 3.37. The molecule has 1 aliphatic rings. The Bertz CT molecular complexity index is 573. The maximum Gasteiger partial charge on any atom is 0.274 e. The summed E-state index contributed by atoms with van der Waals surface area (Å²) in [6, 6.07) is 2.23. The first-order valence-corrected chi connectivity index (χ1v) is 6.91. The number of fused-ring (bicyclic) bond motifs is 1. The molecule has 0 bridgehead atoms. The van der Waals surface area contributed by atoms with Crippen LogP contribution in [0, 0.1) is 6.92 Å². The molecule has 0 fully saturated rings. The van der Waals surface area contributed by atoms with Gasteiger partial charge in [0.2, 0.25) is 0 Å². The molecule has 94 valence electrons. The minimum atomic E-state index is -0.148. The van der Waals surface area contributed by atoms with Gasteiger partial charge in [-0.3, -0.25) is 4.79 Å². The van der Waals surface area contributed by atoms with Crippen LogP contribution < -0.4 is 5.32 Å². The van der Waals surface area contributed by atoms with Crippen molar-refractivity contribution in [3.63, 3.8) is 0 Å². The Balaban J connectivity index is 1.79. The van der Waals surface area contributed by atoms with Crippen LogP contribution in [0.4, 0.5) is 0 Å². The number of amides is 1. The van der Waals surface area contributed by atoms with Crippen molar-refractivity contribution in [3.05, 3.63) is 39.7 Å². The number of aromatic nitrogens is 1. The van der Waals surface area contributed by atoms with E-state index in [9.17, 15) is 4.79 Å². The third kappa shape index (κ3) is 1.95. The Hall–Kier alpha value is -1.62. The molecule has 1 N–H and O–H groups in total. The first-order chi connectivity index (χ1) is 8.75. The van der Waals surface area contributed by atoms with E-state index in [-0.39, 0.29) is 11.9 Å². The second-order valence-corrected chi connectivity index (χ2v) is 5.48. The van der Waals surface area contributed by atoms with E-state index < -0.39 is 0 Å². The largest absolute Gasteiger partial charge is 0.448 e. The zero-order valence-electron chi connectivity index (χ0n) is 10.1. The van der Waals surface area contributed by atoms with Crippen LogP contribution in [0.1, 0.15) is 45.6 Å². The first-order valence-electron chi connectivity index (χ1n) is 6.03. The third-order valence-corrected chi connectivity index (χ3v) is 4.31. The second kappa shape index (κ2) is 4.57. The molecule has 4 nitrogen and oxygen atoms in total. The quantitative estimate of drug-likeness (QED) is 0.905. The maximum absolute atomic E-state index is 12.1. The summed E-state index contributed by atoms with van der Waals surface area (Å²) >= 11 is 1.77. The lowest BCUT2D eigenvalue weighted by Gasteiger charge is -2.23.